The first-order valence-electron chi connectivity index (χ1n) is 5.81. The van der Waals surface area contributed by atoms with Crippen molar-refractivity contribution in [2.24, 2.45) is 0 Å². The molecule has 104 valence electrons. The van der Waals surface area contributed by atoms with Gasteiger partial charge in [0.05, 0.1) is 19.2 Å². The maximum absolute atomic E-state index is 13.1. The summed E-state index contributed by atoms with van der Waals surface area (Å²) in [5, 5.41) is 2.20. The number of hydrogen-bond acceptors (Lipinski definition) is 3. The molecule has 0 spiro atoms. The van der Waals surface area contributed by atoms with E-state index in [4.69, 9.17) is 0 Å². The largest absolute Gasteiger partial charge is 0.482 e. The van der Waals surface area contributed by atoms with E-state index in [1.54, 1.807) is 0 Å². The first kappa shape index (κ1) is 18.5. The number of pyridine rings is 1. The minimum atomic E-state index is -0.802. The van der Waals surface area contributed by atoms with Gasteiger partial charge in [0.2, 0.25) is 12.4 Å². The van der Waals surface area contributed by atoms with Gasteiger partial charge in [-0.3, -0.25) is 9.59 Å². The molecule has 5 nitrogen and oxygen atoms in total. The van der Waals surface area contributed by atoms with Gasteiger partial charge in [0, 0.05) is 6.07 Å². The Balaban J connectivity index is 0. The molecule has 0 radical (unpaired) electrons. The molecule has 0 aliphatic carbocycles. The fourth-order valence-electron chi connectivity index (χ4n) is 0.952. The van der Waals surface area contributed by atoms with Crippen LogP contribution in [0.1, 0.15) is 33.3 Å². The molecular weight excluding hydrogens is 239 g/mol. The molecule has 1 heterocycles. The molecule has 0 aliphatic heterocycles. The van der Waals surface area contributed by atoms with E-state index in [1.807, 2.05) is 27.7 Å². The van der Waals surface area contributed by atoms with Crippen molar-refractivity contribution in [2.75, 3.05) is 7.11 Å². The van der Waals surface area contributed by atoms with Crippen molar-refractivity contribution >= 4 is 6.41 Å². The van der Waals surface area contributed by atoms with Crippen molar-refractivity contribution in [3.63, 3.8) is 0 Å². The van der Waals surface area contributed by atoms with Crippen molar-refractivity contribution in [1.82, 2.24) is 10.3 Å². The third-order valence-corrected chi connectivity index (χ3v) is 1.64. The number of methoxy groups -OCH3 is 1. The van der Waals surface area contributed by atoms with Crippen LogP contribution in [-0.4, -0.2) is 18.5 Å². The number of rotatable bonds is 4. The Morgan fingerprint density at radius 2 is 1.94 bits per heavy atom. The van der Waals surface area contributed by atoms with Gasteiger partial charge in [-0.15, -0.1) is 0 Å². The number of amides is 1. The van der Waals surface area contributed by atoms with Crippen LogP contribution < -0.4 is 15.5 Å². The van der Waals surface area contributed by atoms with Gasteiger partial charge in [0.25, 0.3) is 0 Å². The minimum Gasteiger partial charge on any atom is -0.482 e. The molecule has 0 atom stereocenters. The lowest BCUT2D eigenvalue weighted by Gasteiger charge is -2.03. The van der Waals surface area contributed by atoms with Gasteiger partial charge in [0.15, 0.2) is 11.3 Å². The summed E-state index contributed by atoms with van der Waals surface area (Å²) in [5.41, 5.74) is -0.648. The molecule has 1 aromatic rings. The normalized spacial score (nSPS) is 8.11. The summed E-state index contributed by atoms with van der Waals surface area (Å²) in [6, 6.07) is 1.12. The van der Waals surface area contributed by atoms with Gasteiger partial charge in [-0.2, -0.15) is 4.39 Å². The predicted molar refractivity (Wildman–Crippen MR) is 69.2 cm³/mol. The zero-order valence-corrected chi connectivity index (χ0v) is 11.5. The molecule has 0 bridgehead atoms. The lowest BCUT2D eigenvalue weighted by atomic mass is 10.2. The summed E-state index contributed by atoms with van der Waals surface area (Å²) in [7, 11) is 1.31. The maximum atomic E-state index is 13.1. The average Bonchev–Trinajstić information content (AvgIpc) is 2.42. The first-order chi connectivity index (χ1) is 8.69. The maximum Gasteiger partial charge on any atom is 0.207 e. The highest BCUT2D eigenvalue weighted by molar-refractivity contribution is 5.46. The highest BCUT2D eigenvalue weighted by Gasteiger charge is 2.08. The van der Waals surface area contributed by atoms with E-state index >= 15 is 0 Å². The molecule has 0 fully saturated rings. The summed E-state index contributed by atoms with van der Waals surface area (Å²) in [6.07, 6.45) is 0.392. The summed E-state index contributed by atoms with van der Waals surface area (Å²) >= 11 is 0. The summed E-state index contributed by atoms with van der Waals surface area (Å²) < 4.78 is 17.8. The van der Waals surface area contributed by atoms with E-state index in [0.29, 0.717) is 6.41 Å². The number of hydrogen-bond donors (Lipinski definition) is 2. The number of halogens is 1. The van der Waals surface area contributed by atoms with Crippen LogP contribution in [0.5, 0.6) is 5.88 Å². The molecule has 0 saturated carbocycles. The number of carbonyl (C=O) groups excluding carboxylic acids is 1. The Labute approximate surface area is 106 Å². The van der Waals surface area contributed by atoms with E-state index in [-0.39, 0.29) is 18.0 Å². The van der Waals surface area contributed by atoms with Crippen LogP contribution in [0, 0.1) is 5.95 Å². The molecule has 1 amide bonds. The predicted octanol–water partition coefficient (Wildman–Crippen LogP) is 1.82. The smallest absolute Gasteiger partial charge is 0.207 e. The van der Waals surface area contributed by atoms with E-state index in [1.165, 1.54) is 7.11 Å². The second kappa shape index (κ2) is 11.6. The average molecular weight is 260 g/mol. The fourth-order valence-corrected chi connectivity index (χ4v) is 0.952. The molecule has 2 N–H and O–H groups in total. The molecule has 0 unspecified atom stereocenters. The minimum absolute atomic E-state index is 0.0438. The van der Waals surface area contributed by atoms with Gasteiger partial charge in [-0.05, 0) is 0 Å². The van der Waals surface area contributed by atoms with Gasteiger partial charge in [-0.25, -0.2) is 0 Å². The summed E-state index contributed by atoms with van der Waals surface area (Å²) in [4.78, 5) is 23.4. The Morgan fingerprint density at radius 3 is 2.33 bits per heavy atom. The van der Waals surface area contributed by atoms with E-state index in [2.05, 4.69) is 15.0 Å². The molecule has 18 heavy (non-hydrogen) atoms. The van der Waals surface area contributed by atoms with Crippen LogP contribution in [0.2, 0.25) is 0 Å². The monoisotopic (exact) mass is 260 g/mol. The van der Waals surface area contributed by atoms with E-state index in [9.17, 15) is 14.0 Å². The number of ether oxygens (including phenoxy) is 1. The van der Waals surface area contributed by atoms with Crippen molar-refractivity contribution in [1.29, 1.82) is 0 Å². The van der Waals surface area contributed by atoms with Crippen LogP contribution in [0.4, 0.5) is 4.39 Å². The van der Waals surface area contributed by atoms with Gasteiger partial charge in [-0.1, -0.05) is 27.7 Å². The molecule has 1 aromatic heterocycles. The quantitative estimate of drug-likeness (QED) is 0.640. The standard InChI is InChI=1S/C8H9FN2O3.2C2H6/c1-14-7-2-6(13)5(3-10-4-12)8(9)11-7;2*1-2/h2,4H,3H2,1H3,(H,10,12)(H,11,13);2*1-2H3. The lowest BCUT2D eigenvalue weighted by Crippen LogP contribution is -2.20. The Bertz CT molecular complexity index is 391. The lowest BCUT2D eigenvalue weighted by molar-refractivity contribution is -0.109. The third-order valence-electron chi connectivity index (χ3n) is 1.64. The second-order valence-corrected chi connectivity index (χ2v) is 2.49. The van der Waals surface area contributed by atoms with Crippen molar-refractivity contribution < 1.29 is 13.9 Å². The van der Waals surface area contributed by atoms with Crippen LogP contribution in [0.15, 0.2) is 10.9 Å². The molecular formula is C12H21FN2O3. The highest BCUT2D eigenvalue weighted by atomic mass is 19.1. The molecule has 6 heteroatoms. The number of H-pyrrole nitrogens is 1. The Hall–Kier alpha value is -1.85. The Morgan fingerprint density at radius 1 is 1.39 bits per heavy atom. The summed E-state index contributed by atoms with van der Waals surface area (Å²) in [6.45, 7) is 7.86. The zero-order valence-electron chi connectivity index (χ0n) is 11.5. The van der Waals surface area contributed by atoms with Crippen LogP contribution in [0.25, 0.3) is 0 Å². The molecule has 0 aliphatic rings. The van der Waals surface area contributed by atoms with Crippen LogP contribution in [0.3, 0.4) is 0 Å². The molecule has 1 rings (SSSR count). The second-order valence-electron chi connectivity index (χ2n) is 2.49. The summed E-state index contributed by atoms with van der Waals surface area (Å²) in [5.74, 6) is -0.758. The highest BCUT2D eigenvalue weighted by Crippen LogP contribution is 2.05. The van der Waals surface area contributed by atoms with E-state index < -0.39 is 11.4 Å². The number of aromatic amines is 1. The molecule has 0 saturated heterocycles. The van der Waals surface area contributed by atoms with E-state index in [0.717, 1.165) is 6.07 Å². The zero-order chi connectivity index (χ0) is 14.6. The van der Waals surface area contributed by atoms with Gasteiger partial charge >= 0.3 is 0 Å². The first-order valence-corrected chi connectivity index (χ1v) is 5.81. The number of carbonyl (C=O) groups is 1. The SMILES string of the molecule is CC.CC.COc1cc(=O)c(CNC=O)c(F)[nH]1. The molecule has 0 aromatic carbocycles. The van der Waals surface area contributed by atoms with Gasteiger partial charge < -0.3 is 15.0 Å². The number of aromatic nitrogens is 1. The van der Waals surface area contributed by atoms with Crippen LogP contribution in [-0.2, 0) is 11.3 Å². The van der Waals surface area contributed by atoms with Crippen LogP contribution >= 0.6 is 0 Å². The Kier molecular flexibility index (Phi) is 12.0. The van der Waals surface area contributed by atoms with Crippen molar-refractivity contribution in [3.8, 4) is 5.88 Å². The van der Waals surface area contributed by atoms with Gasteiger partial charge in [0.1, 0.15) is 0 Å². The number of nitrogens with one attached hydrogen (secondary N) is 2. The topological polar surface area (TPSA) is 71.2 Å². The van der Waals surface area contributed by atoms with Crippen molar-refractivity contribution in [2.45, 2.75) is 34.2 Å². The third kappa shape index (κ3) is 6.03. The fraction of sp³-hybridized carbons (Fsp3) is 0.500. The van der Waals surface area contributed by atoms with Crippen molar-refractivity contribution in [3.05, 3.63) is 27.8 Å².